The molecule has 112 valence electrons. The SMILES string of the molecule is Nc1c(C(=O)NC2CCCCCCC2)sc2ncccc12. The van der Waals surface area contributed by atoms with Gasteiger partial charge in [0.1, 0.15) is 9.71 Å². The molecular weight excluding hydrogens is 282 g/mol. The van der Waals surface area contributed by atoms with Crippen LogP contribution in [0.2, 0.25) is 0 Å². The highest BCUT2D eigenvalue weighted by Gasteiger charge is 2.20. The molecule has 0 saturated heterocycles. The molecule has 0 aromatic carbocycles. The molecular formula is C16H21N3OS. The summed E-state index contributed by atoms with van der Waals surface area (Å²) in [5, 5.41) is 4.05. The second-order valence-electron chi connectivity index (χ2n) is 5.72. The second-order valence-corrected chi connectivity index (χ2v) is 6.72. The molecule has 1 fully saturated rings. The first-order valence-electron chi connectivity index (χ1n) is 7.69. The van der Waals surface area contributed by atoms with Crippen molar-refractivity contribution in [3.8, 4) is 0 Å². The predicted molar refractivity (Wildman–Crippen MR) is 87.6 cm³/mol. The normalized spacial score (nSPS) is 17.3. The fraction of sp³-hybridized carbons (Fsp3) is 0.500. The van der Waals surface area contributed by atoms with E-state index in [1.807, 2.05) is 12.1 Å². The lowest BCUT2D eigenvalue weighted by Crippen LogP contribution is -2.35. The number of anilines is 1. The maximum atomic E-state index is 12.5. The van der Waals surface area contributed by atoms with Crippen molar-refractivity contribution in [3.63, 3.8) is 0 Å². The van der Waals surface area contributed by atoms with E-state index in [0.717, 1.165) is 23.1 Å². The van der Waals surface area contributed by atoms with Crippen molar-refractivity contribution >= 4 is 33.1 Å². The molecule has 3 N–H and O–H groups in total. The molecule has 4 nitrogen and oxygen atoms in total. The Morgan fingerprint density at radius 3 is 2.67 bits per heavy atom. The zero-order valence-electron chi connectivity index (χ0n) is 12.1. The lowest BCUT2D eigenvalue weighted by atomic mass is 9.96. The van der Waals surface area contributed by atoms with Crippen molar-refractivity contribution in [1.82, 2.24) is 10.3 Å². The van der Waals surface area contributed by atoms with Gasteiger partial charge < -0.3 is 11.1 Å². The van der Waals surface area contributed by atoms with Crippen LogP contribution in [0.15, 0.2) is 18.3 Å². The standard InChI is InChI=1S/C16H21N3OS/c17-13-12-9-6-10-18-16(12)21-14(13)15(20)19-11-7-4-2-1-3-5-8-11/h6,9-11H,1-5,7-8,17H2,(H,19,20). The highest BCUT2D eigenvalue weighted by molar-refractivity contribution is 7.21. The average Bonchev–Trinajstić information content (AvgIpc) is 2.79. The van der Waals surface area contributed by atoms with Gasteiger partial charge in [-0.15, -0.1) is 11.3 Å². The summed E-state index contributed by atoms with van der Waals surface area (Å²) in [5.74, 6) is -0.0407. The van der Waals surface area contributed by atoms with Gasteiger partial charge in [-0.1, -0.05) is 32.1 Å². The Hall–Kier alpha value is -1.62. The highest BCUT2D eigenvalue weighted by Crippen LogP contribution is 2.32. The number of amides is 1. The monoisotopic (exact) mass is 303 g/mol. The molecule has 0 radical (unpaired) electrons. The third-order valence-electron chi connectivity index (χ3n) is 4.15. The zero-order valence-corrected chi connectivity index (χ0v) is 12.9. The van der Waals surface area contributed by atoms with Crippen molar-refractivity contribution < 1.29 is 4.79 Å². The molecule has 1 aliphatic carbocycles. The third kappa shape index (κ3) is 3.18. The number of hydrogen-bond acceptors (Lipinski definition) is 4. The molecule has 0 atom stereocenters. The predicted octanol–water partition coefficient (Wildman–Crippen LogP) is 3.72. The van der Waals surface area contributed by atoms with Crippen molar-refractivity contribution in [1.29, 1.82) is 0 Å². The van der Waals surface area contributed by atoms with E-state index >= 15 is 0 Å². The van der Waals surface area contributed by atoms with Gasteiger partial charge in [0.25, 0.3) is 5.91 Å². The van der Waals surface area contributed by atoms with E-state index in [0.29, 0.717) is 10.6 Å². The summed E-state index contributed by atoms with van der Waals surface area (Å²) < 4.78 is 0. The molecule has 0 spiro atoms. The first kappa shape index (κ1) is 14.3. The fourth-order valence-electron chi connectivity index (χ4n) is 2.97. The van der Waals surface area contributed by atoms with Crippen LogP contribution >= 0.6 is 11.3 Å². The quantitative estimate of drug-likeness (QED) is 0.888. The summed E-state index contributed by atoms with van der Waals surface area (Å²) >= 11 is 1.38. The Morgan fingerprint density at radius 1 is 1.24 bits per heavy atom. The van der Waals surface area contributed by atoms with Gasteiger partial charge >= 0.3 is 0 Å². The number of nitrogen functional groups attached to an aromatic ring is 1. The van der Waals surface area contributed by atoms with Crippen LogP contribution in [0, 0.1) is 0 Å². The van der Waals surface area contributed by atoms with E-state index in [4.69, 9.17) is 5.73 Å². The number of carbonyl (C=O) groups excluding carboxylic acids is 1. The van der Waals surface area contributed by atoms with Crippen molar-refractivity contribution in [2.75, 3.05) is 5.73 Å². The number of hydrogen-bond donors (Lipinski definition) is 2. The summed E-state index contributed by atoms with van der Waals surface area (Å²) in [6.45, 7) is 0. The van der Waals surface area contributed by atoms with Crippen LogP contribution in [-0.4, -0.2) is 16.9 Å². The van der Waals surface area contributed by atoms with E-state index in [1.165, 1.54) is 43.4 Å². The molecule has 5 heteroatoms. The van der Waals surface area contributed by atoms with Crippen molar-refractivity contribution in [3.05, 3.63) is 23.2 Å². The van der Waals surface area contributed by atoms with E-state index in [2.05, 4.69) is 10.3 Å². The summed E-state index contributed by atoms with van der Waals surface area (Å²) in [7, 11) is 0. The van der Waals surface area contributed by atoms with Gasteiger partial charge in [-0.25, -0.2) is 4.98 Å². The number of carbonyl (C=O) groups is 1. The Kier molecular flexibility index (Phi) is 4.39. The topological polar surface area (TPSA) is 68.0 Å². The number of nitrogens with two attached hydrogens (primary N) is 1. The second kappa shape index (κ2) is 6.43. The lowest BCUT2D eigenvalue weighted by Gasteiger charge is -2.20. The molecule has 0 aliphatic heterocycles. The van der Waals surface area contributed by atoms with Crippen LogP contribution in [0.1, 0.15) is 54.6 Å². The van der Waals surface area contributed by atoms with E-state index < -0.39 is 0 Å². The van der Waals surface area contributed by atoms with Gasteiger partial charge in [-0.3, -0.25) is 4.79 Å². The van der Waals surface area contributed by atoms with E-state index in [1.54, 1.807) is 6.20 Å². The number of aromatic nitrogens is 1. The van der Waals surface area contributed by atoms with Gasteiger partial charge in [0.2, 0.25) is 0 Å². The highest BCUT2D eigenvalue weighted by atomic mass is 32.1. The van der Waals surface area contributed by atoms with Gasteiger partial charge in [-0.05, 0) is 25.0 Å². The number of thiophene rings is 1. The number of pyridine rings is 1. The van der Waals surface area contributed by atoms with E-state index in [9.17, 15) is 4.79 Å². The summed E-state index contributed by atoms with van der Waals surface area (Å²) in [6, 6.07) is 4.05. The maximum absolute atomic E-state index is 12.5. The van der Waals surface area contributed by atoms with Gasteiger partial charge in [0.05, 0.1) is 5.69 Å². The molecule has 2 aromatic heterocycles. The third-order valence-corrected chi connectivity index (χ3v) is 5.28. The summed E-state index contributed by atoms with van der Waals surface area (Å²) in [6.07, 6.45) is 10.2. The summed E-state index contributed by atoms with van der Waals surface area (Å²) in [5.41, 5.74) is 6.67. The molecule has 1 saturated carbocycles. The van der Waals surface area contributed by atoms with Crippen LogP contribution < -0.4 is 11.1 Å². The zero-order chi connectivity index (χ0) is 14.7. The minimum Gasteiger partial charge on any atom is -0.397 e. The maximum Gasteiger partial charge on any atom is 0.263 e. The summed E-state index contributed by atoms with van der Waals surface area (Å²) in [4.78, 5) is 18.2. The molecule has 2 heterocycles. The van der Waals surface area contributed by atoms with E-state index in [-0.39, 0.29) is 11.9 Å². The Balaban J connectivity index is 1.75. The van der Waals surface area contributed by atoms with Crippen molar-refractivity contribution in [2.24, 2.45) is 0 Å². The molecule has 0 unspecified atom stereocenters. The average molecular weight is 303 g/mol. The molecule has 3 rings (SSSR count). The molecule has 21 heavy (non-hydrogen) atoms. The smallest absolute Gasteiger partial charge is 0.263 e. The Morgan fingerprint density at radius 2 is 1.95 bits per heavy atom. The molecule has 1 amide bonds. The Labute approximate surface area is 128 Å². The minimum absolute atomic E-state index is 0.0407. The number of rotatable bonds is 2. The largest absolute Gasteiger partial charge is 0.397 e. The molecule has 0 bridgehead atoms. The number of fused-ring (bicyclic) bond motifs is 1. The van der Waals surface area contributed by atoms with Gasteiger partial charge in [0.15, 0.2) is 0 Å². The van der Waals surface area contributed by atoms with Crippen LogP contribution in [0.25, 0.3) is 10.2 Å². The van der Waals surface area contributed by atoms with Crippen LogP contribution in [-0.2, 0) is 0 Å². The number of nitrogens with one attached hydrogen (secondary N) is 1. The van der Waals surface area contributed by atoms with Gasteiger partial charge in [-0.2, -0.15) is 0 Å². The van der Waals surface area contributed by atoms with Crippen molar-refractivity contribution in [2.45, 2.75) is 51.0 Å². The Bertz CT molecular complexity index is 629. The minimum atomic E-state index is -0.0407. The lowest BCUT2D eigenvalue weighted by molar-refractivity contribution is 0.0935. The van der Waals surface area contributed by atoms with Crippen LogP contribution in [0.3, 0.4) is 0 Å². The number of nitrogens with zero attached hydrogens (tertiary/aromatic N) is 1. The van der Waals surface area contributed by atoms with Gasteiger partial charge in [0, 0.05) is 17.6 Å². The first-order chi connectivity index (χ1) is 10.3. The molecule has 1 aliphatic rings. The molecule has 2 aromatic rings. The van der Waals surface area contributed by atoms with Crippen LogP contribution in [0.5, 0.6) is 0 Å². The van der Waals surface area contributed by atoms with Crippen LogP contribution in [0.4, 0.5) is 5.69 Å². The first-order valence-corrected chi connectivity index (χ1v) is 8.51. The fourth-order valence-corrected chi connectivity index (χ4v) is 3.94.